The van der Waals surface area contributed by atoms with Gasteiger partial charge in [-0.3, -0.25) is 4.79 Å². The summed E-state index contributed by atoms with van der Waals surface area (Å²) in [5, 5.41) is 0. The van der Waals surface area contributed by atoms with Gasteiger partial charge in [-0.25, -0.2) is 0 Å². The SMILES string of the molecule is Cc1ccc(OCc2ccc(C(N)=O)cc2N)c(C)c1. The quantitative estimate of drug-likeness (QED) is 0.838. The number of carbonyl (C=O) groups is 1. The van der Waals surface area contributed by atoms with Gasteiger partial charge in [-0.1, -0.05) is 23.8 Å². The van der Waals surface area contributed by atoms with Gasteiger partial charge in [0.05, 0.1) is 0 Å². The number of nitrogens with two attached hydrogens (primary N) is 2. The van der Waals surface area contributed by atoms with Gasteiger partial charge in [-0.2, -0.15) is 0 Å². The van der Waals surface area contributed by atoms with Crippen LogP contribution in [0.1, 0.15) is 27.0 Å². The highest BCUT2D eigenvalue weighted by Crippen LogP contribution is 2.22. The van der Waals surface area contributed by atoms with Crippen LogP contribution >= 0.6 is 0 Å². The molecular formula is C16H18N2O2. The Bertz CT molecular complexity index is 651. The third-order valence-corrected chi connectivity index (χ3v) is 3.14. The first-order valence-electron chi connectivity index (χ1n) is 6.35. The molecular weight excluding hydrogens is 252 g/mol. The number of carbonyl (C=O) groups excluding carboxylic acids is 1. The van der Waals surface area contributed by atoms with Crippen molar-refractivity contribution < 1.29 is 9.53 Å². The first-order valence-corrected chi connectivity index (χ1v) is 6.35. The molecule has 0 heterocycles. The minimum Gasteiger partial charge on any atom is -0.489 e. The molecule has 0 unspecified atom stereocenters. The Morgan fingerprint density at radius 1 is 1.15 bits per heavy atom. The molecule has 0 saturated carbocycles. The summed E-state index contributed by atoms with van der Waals surface area (Å²) in [7, 11) is 0. The molecule has 4 nitrogen and oxygen atoms in total. The maximum absolute atomic E-state index is 11.1. The molecule has 0 aromatic heterocycles. The van der Waals surface area contributed by atoms with Gasteiger partial charge in [0.25, 0.3) is 0 Å². The number of rotatable bonds is 4. The zero-order chi connectivity index (χ0) is 14.7. The number of aryl methyl sites for hydroxylation is 2. The third-order valence-electron chi connectivity index (χ3n) is 3.14. The van der Waals surface area contributed by atoms with Gasteiger partial charge in [0.2, 0.25) is 5.91 Å². The predicted molar refractivity (Wildman–Crippen MR) is 79.6 cm³/mol. The Balaban J connectivity index is 2.13. The van der Waals surface area contributed by atoms with Crippen molar-refractivity contribution >= 4 is 11.6 Å². The third kappa shape index (κ3) is 3.09. The van der Waals surface area contributed by atoms with Crippen LogP contribution in [0.2, 0.25) is 0 Å². The summed E-state index contributed by atoms with van der Waals surface area (Å²) in [4.78, 5) is 11.1. The molecule has 0 aliphatic rings. The van der Waals surface area contributed by atoms with Crippen molar-refractivity contribution in [3.05, 3.63) is 58.7 Å². The lowest BCUT2D eigenvalue weighted by molar-refractivity contribution is 0.100. The second kappa shape index (κ2) is 5.65. The van der Waals surface area contributed by atoms with Crippen molar-refractivity contribution in [3.8, 4) is 5.75 Å². The number of ether oxygens (including phenoxy) is 1. The lowest BCUT2D eigenvalue weighted by Gasteiger charge is -2.11. The molecule has 1 amide bonds. The van der Waals surface area contributed by atoms with E-state index in [9.17, 15) is 4.79 Å². The zero-order valence-electron chi connectivity index (χ0n) is 11.6. The molecule has 2 aromatic carbocycles. The monoisotopic (exact) mass is 270 g/mol. The van der Waals surface area contributed by atoms with Crippen LogP contribution in [-0.4, -0.2) is 5.91 Å². The summed E-state index contributed by atoms with van der Waals surface area (Å²) in [6.45, 7) is 4.40. The smallest absolute Gasteiger partial charge is 0.248 e. The largest absolute Gasteiger partial charge is 0.489 e. The Hall–Kier alpha value is -2.49. The summed E-state index contributed by atoms with van der Waals surface area (Å²) in [6, 6.07) is 11.0. The van der Waals surface area contributed by atoms with E-state index in [4.69, 9.17) is 16.2 Å². The normalized spacial score (nSPS) is 10.3. The summed E-state index contributed by atoms with van der Waals surface area (Å²) in [5.74, 6) is 0.340. The lowest BCUT2D eigenvalue weighted by Crippen LogP contribution is -2.12. The topological polar surface area (TPSA) is 78.3 Å². The van der Waals surface area contributed by atoms with Crippen LogP contribution in [0.25, 0.3) is 0 Å². The lowest BCUT2D eigenvalue weighted by atomic mass is 10.1. The van der Waals surface area contributed by atoms with Crippen LogP contribution in [0.15, 0.2) is 36.4 Å². The van der Waals surface area contributed by atoms with E-state index < -0.39 is 5.91 Å². The maximum Gasteiger partial charge on any atom is 0.248 e. The minimum absolute atomic E-state index is 0.356. The molecule has 2 rings (SSSR count). The Labute approximate surface area is 118 Å². The van der Waals surface area contributed by atoms with E-state index in [0.29, 0.717) is 17.9 Å². The Morgan fingerprint density at radius 2 is 1.90 bits per heavy atom. The predicted octanol–water partition coefficient (Wildman–Crippen LogP) is 2.56. The van der Waals surface area contributed by atoms with Crippen molar-refractivity contribution in [1.29, 1.82) is 0 Å². The first kappa shape index (κ1) is 13.9. The molecule has 4 N–H and O–H groups in total. The van der Waals surface area contributed by atoms with Gasteiger partial charge in [0.15, 0.2) is 0 Å². The average Bonchev–Trinajstić information content (AvgIpc) is 2.38. The zero-order valence-corrected chi connectivity index (χ0v) is 11.6. The summed E-state index contributed by atoms with van der Waals surface area (Å²) < 4.78 is 5.76. The standard InChI is InChI=1S/C16H18N2O2/c1-10-3-6-15(11(2)7-10)20-9-13-5-4-12(16(18)19)8-14(13)17/h3-8H,9,17H2,1-2H3,(H2,18,19). The van der Waals surface area contributed by atoms with Crippen molar-refractivity contribution in [2.75, 3.05) is 5.73 Å². The van der Waals surface area contributed by atoms with E-state index in [1.807, 2.05) is 26.0 Å². The number of nitrogen functional groups attached to an aromatic ring is 1. The van der Waals surface area contributed by atoms with Crippen molar-refractivity contribution in [2.24, 2.45) is 5.73 Å². The highest BCUT2D eigenvalue weighted by Gasteiger charge is 2.06. The fourth-order valence-corrected chi connectivity index (χ4v) is 2.00. The molecule has 0 aliphatic carbocycles. The van der Waals surface area contributed by atoms with Gasteiger partial charge in [0, 0.05) is 16.8 Å². The van der Waals surface area contributed by atoms with Crippen molar-refractivity contribution in [1.82, 2.24) is 0 Å². The van der Waals surface area contributed by atoms with Crippen LogP contribution in [-0.2, 0) is 6.61 Å². The molecule has 0 bridgehead atoms. The van der Waals surface area contributed by atoms with Crippen LogP contribution < -0.4 is 16.2 Å². The van der Waals surface area contributed by atoms with E-state index in [-0.39, 0.29) is 0 Å². The molecule has 0 spiro atoms. The fourth-order valence-electron chi connectivity index (χ4n) is 2.00. The molecule has 0 fully saturated rings. The van der Waals surface area contributed by atoms with Crippen molar-refractivity contribution in [3.63, 3.8) is 0 Å². The highest BCUT2D eigenvalue weighted by molar-refractivity contribution is 5.93. The van der Waals surface area contributed by atoms with E-state index in [1.165, 1.54) is 5.56 Å². The highest BCUT2D eigenvalue weighted by atomic mass is 16.5. The number of benzene rings is 2. The molecule has 2 aromatic rings. The molecule has 0 saturated heterocycles. The van der Waals surface area contributed by atoms with Gasteiger partial charge in [-0.05, 0) is 37.6 Å². The number of hydrogen-bond donors (Lipinski definition) is 2. The van der Waals surface area contributed by atoms with Crippen molar-refractivity contribution in [2.45, 2.75) is 20.5 Å². The number of primary amides is 1. The molecule has 0 radical (unpaired) electrons. The van der Waals surface area contributed by atoms with Gasteiger partial charge >= 0.3 is 0 Å². The summed E-state index contributed by atoms with van der Waals surface area (Å²) in [5.41, 5.74) is 15.1. The minimum atomic E-state index is -0.487. The van der Waals surface area contributed by atoms with E-state index in [1.54, 1.807) is 18.2 Å². The van der Waals surface area contributed by atoms with Crippen LogP contribution in [0.3, 0.4) is 0 Å². The van der Waals surface area contributed by atoms with Gasteiger partial charge in [0.1, 0.15) is 12.4 Å². The van der Waals surface area contributed by atoms with E-state index in [0.717, 1.165) is 16.9 Å². The second-order valence-electron chi connectivity index (χ2n) is 4.84. The van der Waals surface area contributed by atoms with Gasteiger partial charge < -0.3 is 16.2 Å². The number of anilines is 1. The molecule has 104 valence electrons. The average molecular weight is 270 g/mol. The Kier molecular flexibility index (Phi) is 3.94. The van der Waals surface area contributed by atoms with Crippen LogP contribution in [0.4, 0.5) is 5.69 Å². The molecule has 4 heteroatoms. The van der Waals surface area contributed by atoms with Crippen LogP contribution in [0.5, 0.6) is 5.75 Å². The second-order valence-corrected chi connectivity index (χ2v) is 4.84. The Morgan fingerprint density at radius 3 is 2.50 bits per heavy atom. The van der Waals surface area contributed by atoms with E-state index >= 15 is 0 Å². The number of amides is 1. The maximum atomic E-state index is 11.1. The molecule has 0 aliphatic heterocycles. The molecule has 0 atom stereocenters. The fraction of sp³-hybridized carbons (Fsp3) is 0.188. The number of hydrogen-bond acceptors (Lipinski definition) is 3. The van der Waals surface area contributed by atoms with Gasteiger partial charge in [-0.15, -0.1) is 0 Å². The van der Waals surface area contributed by atoms with Crippen LogP contribution in [0, 0.1) is 13.8 Å². The first-order chi connectivity index (χ1) is 9.47. The molecule has 20 heavy (non-hydrogen) atoms. The summed E-state index contributed by atoms with van der Waals surface area (Å²) in [6.07, 6.45) is 0. The summed E-state index contributed by atoms with van der Waals surface area (Å²) >= 11 is 0. The van der Waals surface area contributed by atoms with E-state index in [2.05, 4.69) is 6.07 Å².